The molecule has 0 radical (unpaired) electrons. The second kappa shape index (κ2) is 6.81. The van der Waals surface area contributed by atoms with Crippen LogP contribution in [0.3, 0.4) is 0 Å². The van der Waals surface area contributed by atoms with E-state index >= 15 is 0 Å². The summed E-state index contributed by atoms with van der Waals surface area (Å²) in [6, 6.07) is 5.58. The van der Waals surface area contributed by atoms with E-state index in [-0.39, 0.29) is 17.8 Å². The first-order valence-corrected chi connectivity index (χ1v) is 7.78. The van der Waals surface area contributed by atoms with Gasteiger partial charge in [0.25, 0.3) is 6.01 Å². The minimum Gasteiger partial charge on any atom is -0.496 e. The first kappa shape index (κ1) is 16.8. The lowest BCUT2D eigenvalue weighted by atomic mass is 10.1. The van der Waals surface area contributed by atoms with Crippen LogP contribution in [0.15, 0.2) is 18.2 Å². The van der Waals surface area contributed by atoms with Crippen LogP contribution < -0.4 is 20.9 Å². The van der Waals surface area contributed by atoms with E-state index in [1.54, 1.807) is 7.11 Å². The number of hydrogen-bond acceptors (Lipinski definition) is 8. The molecule has 0 atom stereocenters. The fraction of sp³-hybridized carbons (Fsp3) is 0.312. The monoisotopic (exact) mass is 344 g/mol. The molecule has 0 fully saturated rings. The molecule has 0 amide bonds. The van der Waals surface area contributed by atoms with E-state index in [1.165, 1.54) is 4.57 Å². The third-order valence-corrected chi connectivity index (χ3v) is 3.77. The van der Waals surface area contributed by atoms with Crippen LogP contribution in [0.5, 0.6) is 17.8 Å². The summed E-state index contributed by atoms with van der Waals surface area (Å²) >= 11 is 0. The molecule has 2 heterocycles. The average Bonchev–Trinajstić information content (AvgIpc) is 2.92. The number of imidazole rings is 1. The number of anilines is 1. The Morgan fingerprint density at radius 1 is 1.24 bits per heavy atom. The lowest BCUT2D eigenvalue weighted by Crippen LogP contribution is -2.06. The van der Waals surface area contributed by atoms with Gasteiger partial charge in [-0.25, -0.2) is 0 Å². The molecule has 0 aliphatic carbocycles. The number of rotatable bonds is 6. The summed E-state index contributed by atoms with van der Waals surface area (Å²) in [7, 11) is 1.58. The maximum absolute atomic E-state index is 10.2. The Hall–Kier alpha value is -3.07. The van der Waals surface area contributed by atoms with Crippen molar-refractivity contribution in [2.24, 2.45) is 5.73 Å². The summed E-state index contributed by atoms with van der Waals surface area (Å²) in [6.45, 7) is 2.93. The first-order valence-electron chi connectivity index (χ1n) is 7.78. The van der Waals surface area contributed by atoms with Gasteiger partial charge >= 0.3 is 6.01 Å². The average molecular weight is 344 g/mol. The number of ether oxygens (including phenoxy) is 2. The standard InChI is InChI=1S/C16H20N6O3/c1-3-25-15-20-13(18)12-14(21-15)22(16(23)19-12)8-10-5-4-9(7-17)6-11(10)24-2/h4-6H,3,7-8,17H2,1-2H3,(H,19,23)(H2,18,20,21). The highest BCUT2D eigenvalue weighted by atomic mass is 16.5. The summed E-state index contributed by atoms with van der Waals surface area (Å²) in [5.74, 6) is 0.809. The molecule has 0 aliphatic heterocycles. The molecule has 2 aromatic heterocycles. The quantitative estimate of drug-likeness (QED) is 0.603. The molecule has 0 aliphatic rings. The second-order valence-corrected chi connectivity index (χ2v) is 5.34. The Bertz CT molecular complexity index is 909. The predicted molar refractivity (Wildman–Crippen MR) is 92.6 cm³/mol. The molecule has 3 rings (SSSR count). The predicted octanol–water partition coefficient (Wildman–Crippen LogP) is 1.03. The van der Waals surface area contributed by atoms with Gasteiger partial charge < -0.3 is 26.0 Å². The molecule has 0 saturated carbocycles. The van der Waals surface area contributed by atoms with Crippen LogP contribution in [0.1, 0.15) is 18.1 Å². The Morgan fingerprint density at radius 2 is 2.04 bits per heavy atom. The molecule has 132 valence electrons. The number of nitrogens with zero attached hydrogens (tertiary/aromatic N) is 4. The number of aromatic hydroxyl groups is 1. The lowest BCUT2D eigenvalue weighted by molar-refractivity contribution is 0.314. The van der Waals surface area contributed by atoms with E-state index in [0.29, 0.717) is 36.6 Å². The largest absolute Gasteiger partial charge is 0.496 e. The van der Waals surface area contributed by atoms with Gasteiger partial charge in [-0.05, 0) is 18.6 Å². The fourth-order valence-electron chi connectivity index (χ4n) is 2.55. The summed E-state index contributed by atoms with van der Waals surface area (Å²) in [5.41, 5.74) is 14.1. The number of aromatic nitrogens is 4. The summed E-state index contributed by atoms with van der Waals surface area (Å²) in [4.78, 5) is 12.4. The number of fused-ring (bicyclic) bond motifs is 1. The molecule has 0 unspecified atom stereocenters. The molecule has 3 aromatic rings. The van der Waals surface area contributed by atoms with Gasteiger partial charge in [0.2, 0.25) is 0 Å². The zero-order valence-electron chi connectivity index (χ0n) is 14.1. The van der Waals surface area contributed by atoms with Crippen molar-refractivity contribution in [2.45, 2.75) is 20.0 Å². The zero-order valence-corrected chi connectivity index (χ0v) is 14.1. The Kier molecular flexibility index (Phi) is 4.57. The minimum atomic E-state index is -0.213. The van der Waals surface area contributed by atoms with Crippen molar-refractivity contribution in [1.82, 2.24) is 19.5 Å². The zero-order chi connectivity index (χ0) is 18.0. The van der Waals surface area contributed by atoms with E-state index in [1.807, 2.05) is 25.1 Å². The van der Waals surface area contributed by atoms with E-state index in [0.717, 1.165) is 11.1 Å². The number of nitrogens with two attached hydrogens (primary N) is 2. The smallest absolute Gasteiger partial charge is 0.320 e. The van der Waals surface area contributed by atoms with Crippen molar-refractivity contribution >= 4 is 17.0 Å². The highest BCUT2D eigenvalue weighted by Gasteiger charge is 2.18. The summed E-state index contributed by atoms with van der Waals surface area (Å²) in [6.07, 6.45) is 0. The highest BCUT2D eigenvalue weighted by molar-refractivity contribution is 5.83. The molecular formula is C16H20N6O3. The highest BCUT2D eigenvalue weighted by Crippen LogP contribution is 2.28. The van der Waals surface area contributed by atoms with Gasteiger partial charge in [-0.1, -0.05) is 12.1 Å². The van der Waals surface area contributed by atoms with Gasteiger partial charge in [0.1, 0.15) is 5.75 Å². The minimum absolute atomic E-state index is 0.138. The molecular weight excluding hydrogens is 324 g/mol. The van der Waals surface area contributed by atoms with Gasteiger partial charge in [-0.3, -0.25) is 4.57 Å². The number of methoxy groups -OCH3 is 1. The molecule has 0 saturated heterocycles. The molecule has 0 bridgehead atoms. The Morgan fingerprint density at radius 3 is 2.72 bits per heavy atom. The van der Waals surface area contributed by atoms with Gasteiger partial charge in [0, 0.05) is 12.1 Å². The maximum atomic E-state index is 10.2. The van der Waals surface area contributed by atoms with E-state index < -0.39 is 0 Å². The molecule has 25 heavy (non-hydrogen) atoms. The van der Waals surface area contributed by atoms with Crippen molar-refractivity contribution < 1.29 is 14.6 Å². The second-order valence-electron chi connectivity index (χ2n) is 5.34. The van der Waals surface area contributed by atoms with Crippen LogP contribution in [-0.4, -0.2) is 38.3 Å². The summed E-state index contributed by atoms with van der Waals surface area (Å²) in [5, 5.41) is 10.2. The van der Waals surface area contributed by atoms with Crippen molar-refractivity contribution in [1.29, 1.82) is 0 Å². The number of hydrogen-bond donors (Lipinski definition) is 3. The third-order valence-electron chi connectivity index (χ3n) is 3.77. The van der Waals surface area contributed by atoms with Crippen molar-refractivity contribution in [3.05, 3.63) is 29.3 Å². The van der Waals surface area contributed by atoms with Crippen LogP contribution in [0.4, 0.5) is 5.82 Å². The topological polar surface area (TPSA) is 134 Å². The van der Waals surface area contributed by atoms with E-state index in [9.17, 15) is 5.11 Å². The van der Waals surface area contributed by atoms with E-state index in [2.05, 4.69) is 15.0 Å². The normalized spacial score (nSPS) is 11.0. The van der Waals surface area contributed by atoms with Crippen molar-refractivity contribution in [2.75, 3.05) is 19.5 Å². The van der Waals surface area contributed by atoms with Crippen LogP contribution in [0.25, 0.3) is 11.2 Å². The number of nitrogen functional groups attached to an aromatic ring is 1. The Labute approximate surface area is 144 Å². The van der Waals surface area contributed by atoms with E-state index in [4.69, 9.17) is 20.9 Å². The SMILES string of the molecule is CCOc1nc(N)c2nc(O)n(Cc3ccc(CN)cc3OC)c2n1. The van der Waals surface area contributed by atoms with Gasteiger partial charge in [0.15, 0.2) is 17.0 Å². The fourth-order valence-corrected chi connectivity index (χ4v) is 2.55. The first-order chi connectivity index (χ1) is 12.1. The van der Waals surface area contributed by atoms with Crippen LogP contribution in [0, 0.1) is 0 Å². The van der Waals surface area contributed by atoms with Gasteiger partial charge in [0.05, 0.1) is 20.3 Å². The van der Waals surface area contributed by atoms with Crippen LogP contribution in [0.2, 0.25) is 0 Å². The maximum Gasteiger partial charge on any atom is 0.320 e. The molecule has 1 aromatic carbocycles. The molecule has 9 heteroatoms. The third kappa shape index (κ3) is 3.13. The van der Waals surface area contributed by atoms with Gasteiger partial charge in [-0.15, -0.1) is 0 Å². The van der Waals surface area contributed by atoms with Crippen molar-refractivity contribution in [3.63, 3.8) is 0 Å². The number of benzene rings is 1. The van der Waals surface area contributed by atoms with Crippen molar-refractivity contribution in [3.8, 4) is 17.8 Å². The lowest BCUT2D eigenvalue weighted by Gasteiger charge is -2.12. The van der Waals surface area contributed by atoms with Gasteiger partial charge in [-0.2, -0.15) is 15.0 Å². The molecule has 9 nitrogen and oxygen atoms in total. The Balaban J connectivity index is 2.08. The summed E-state index contributed by atoms with van der Waals surface area (Å²) < 4.78 is 12.3. The van der Waals surface area contributed by atoms with Crippen LogP contribution >= 0.6 is 0 Å². The molecule has 5 N–H and O–H groups in total. The molecule has 0 spiro atoms. The van der Waals surface area contributed by atoms with Crippen LogP contribution in [-0.2, 0) is 13.1 Å².